The summed E-state index contributed by atoms with van der Waals surface area (Å²) in [5, 5.41) is 0.250. The van der Waals surface area contributed by atoms with Crippen molar-refractivity contribution in [2.45, 2.75) is 24.6 Å². The molecule has 2 rings (SSSR count). The van der Waals surface area contributed by atoms with E-state index in [0.717, 1.165) is 5.92 Å². The molecule has 0 aliphatic heterocycles. The molecule has 1 atom stereocenters. The minimum Gasteiger partial charge on any atom is -0.118 e. The van der Waals surface area contributed by atoms with E-state index in [2.05, 4.69) is 24.3 Å². The van der Waals surface area contributed by atoms with Crippen molar-refractivity contribution in [1.29, 1.82) is 0 Å². The molecule has 64 valence electrons. The summed E-state index contributed by atoms with van der Waals surface area (Å²) in [6.07, 6.45) is 3.98. The lowest BCUT2D eigenvalue weighted by molar-refractivity contribution is 0.305. The van der Waals surface area contributed by atoms with Gasteiger partial charge in [0.1, 0.15) is 0 Å². The first kappa shape index (κ1) is 8.12. The maximum absolute atomic E-state index is 6.31. The van der Waals surface area contributed by atoms with Gasteiger partial charge in [0, 0.05) is 0 Å². The van der Waals surface area contributed by atoms with Gasteiger partial charge in [-0.15, -0.1) is 11.6 Å². The summed E-state index contributed by atoms with van der Waals surface area (Å²) in [6, 6.07) is 10.4. The van der Waals surface area contributed by atoms with E-state index in [4.69, 9.17) is 11.6 Å². The summed E-state index contributed by atoms with van der Waals surface area (Å²) in [7, 11) is 0. The molecule has 0 radical (unpaired) electrons. The van der Waals surface area contributed by atoms with Crippen molar-refractivity contribution in [3.8, 4) is 0 Å². The van der Waals surface area contributed by atoms with Crippen LogP contribution in [0.3, 0.4) is 0 Å². The molecule has 1 saturated carbocycles. The SMILES string of the molecule is ClC(c1ccccc1)C1CCC1. The predicted octanol–water partition coefficient (Wildman–Crippen LogP) is 3.77. The van der Waals surface area contributed by atoms with Gasteiger partial charge in [0.15, 0.2) is 0 Å². The largest absolute Gasteiger partial charge is 0.118 e. The molecule has 1 aromatic rings. The second-order valence-electron chi connectivity index (χ2n) is 3.50. The Balaban J connectivity index is 2.08. The Kier molecular flexibility index (Phi) is 2.36. The molecular formula is C11H13Cl. The summed E-state index contributed by atoms with van der Waals surface area (Å²) < 4.78 is 0. The monoisotopic (exact) mass is 180 g/mol. The standard InChI is InChI=1S/C11H13Cl/c12-11(10-7-4-8-10)9-5-2-1-3-6-9/h1-3,5-6,10-11H,4,7-8H2. The number of benzene rings is 1. The van der Waals surface area contributed by atoms with Crippen LogP contribution >= 0.6 is 11.6 Å². The van der Waals surface area contributed by atoms with Crippen molar-refractivity contribution in [2.24, 2.45) is 5.92 Å². The van der Waals surface area contributed by atoms with Gasteiger partial charge in [0.2, 0.25) is 0 Å². The second-order valence-corrected chi connectivity index (χ2v) is 3.97. The Labute approximate surface area is 78.6 Å². The van der Waals surface area contributed by atoms with Gasteiger partial charge in [0.05, 0.1) is 5.38 Å². The van der Waals surface area contributed by atoms with Gasteiger partial charge in [-0.3, -0.25) is 0 Å². The number of hydrogen-bond acceptors (Lipinski definition) is 0. The molecule has 0 bridgehead atoms. The summed E-state index contributed by atoms with van der Waals surface area (Å²) in [6.45, 7) is 0. The summed E-state index contributed by atoms with van der Waals surface area (Å²) in [5.41, 5.74) is 1.28. The Morgan fingerprint density at radius 3 is 2.33 bits per heavy atom. The van der Waals surface area contributed by atoms with E-state index in [1.54, 1.807) is 0 Å². The van der Waals surface area contributed by atoms with Gasteiger partial charge in [-0.2, -0.15) is 0 Å². The zero-order valence-corrected chi connectivity index (χ0v) is 7.80. The average Bonchev–Trinajstić information content (AvgIpc) is 2.03. The van der Waals surface area contributed by atoms with Crippen molar-refractivity contribution in [2.75, 3.05) is 0 Å². The van der Waals surface area contributed by atoms with Crippen LogP contribution in [-0.2, 0) is 0 Å². The van der Waals surface area contributed by atoms with Crippen LogP contribution in [0.4, 0.5) is 0 Å². The van der Waals surface area contributed by atoms with Crippen LogP contribution in [0, 0.1) is 5.92 Å². The Morgan fingerprint density at radius 2 is 1.83 bits per heavy atom. The van der Waals surface area contributed by atoms with E-state index < -0.39 is 0 Å². The molecule has 1 aliphatic carbocycles. The predicted molar refractivity (Wildman–Crippen MR) is 52.4 cm³/mol. The lowest BCUT2D eigenvalue weighted by Crippen LogP contribution is -2.16. The van der Waals surface area contributed by atoms with E-state index in [9.17, 15) is 0 Å². The van der Waals surface area contributed by atoms with E-state index >= 15 is 0 Å². The molecule has 12 heavy (non-hydrogen) atoms. The van der Waals surface area contributed by atoms with Crippen LogP contribution in [0.5, 0.6) is 0 Å². The molecule has 1 aliphatic rings. The molecule has 0 amide bonds. The van der Waals surface area contributed by atoms with Crippen molar-refractivity contribution in [3.63, 3.8) is 0 Å². The fourth-order valence-corrected chi connectivity index (χ4v) is 2.04. The third kappa shape index (κ3) is 1.49. The minimum atomic E-state index is 0.250. The first-order valence-electron chi connectivity index (χ1n) is 4.57. The van der Waals surface area contributed by atoms with Crippen molar-refractivity contribution in [1.82, 2.24) is 0 Å². The normalized spacial score (nSPS) is 20.1. The molecule has 0 spiro atoms. The van der Waals surface area contributed by atoms with Gasteiger partial charge in [-0.1, -0.05) is 36.8 Å². The van der Waals surface area contributed by atoms with E-state index in [0.29, 0.717) is 0 Å². The number of alkyl halides is 1. The number of hydrogen-bond donors (Lipinski definition) is 0. The van der Waals surface area contributed by atoms with Crippen LogP contribution in [-0.4, -0.2) is 0 Å². The summed E-state index contributed by atoms with van der Waals surface area (Å²) in [4.78, 5) is 0. The van der Waals surface area contributed by atoms with Crippen molar-refractivity contribution >= 4 is 11.6 Å². The smallest absolute Gasteiger partial charge is 0.0613 e. The molecule has 0 nitrogen and oxygen atoms in total. The van der Waals surface area contributed by atoms with Crippen LogP contribution in [0.15, 0.2) is 30.3 Å². The lowest BCUT2D eigenvalue weighted by atomic mass is 9.80. The molecule has 1 fully saturated rings. The highest BCUT2D eigenvalue weighted by Crippen LogP contribution is 2.41. The van der Waals surface area contributed by atoms with E-state index in [1.165, 1.54) is 24.8 Å². The van der Waals surface area contributed by atoms with Gasteiger partial charge < -0.3 is 0 Å². The highest BCUT2D eigenvalue weighted by Gasteiger charge is 2.26. The second kappa shape index (κ2) is 3.49. The third-order valence-electron chi connectivity index (χ3n) is 2.68. The van der Waals surface area contributed by atoms with Gasteiger partial charge in [0.25, 0.3) is 0 Å². The molecule has 1 aromatic carbocycles. The zero-order chi connectivity index (χ0) is 8.39. The fourth-order valence-electron chi connectivity index (χ4n) is 1.64. The van der Waals surface area contributed by atoms with Crippen molar-refractivity contribution < 1.29 is 0 Å². The van der Waals surface area contributed by atoms with Gasteiger partial charge in [-0.05, 0) is 24.3 Å². The average molecular weight is 181 g/mol. The Morgan fingerprint density at radius 1 is 1.17 bits per heavy atom. The number of rotatable bonds is 2. The van der Waals surface area contributed by atoms with Gasteiger partial charge in [-0.25, -0.2) is 0 Å². The van der Waals surface area contributed by atoms with Crippen LogP contribution in [0.1, 0.15) is 30.2 Å². The topological polar surface area (TPSA) is 0 Å². The Bertz CT molecular complexity index is 238. The number of halogens is 1. The maximum Gasteiger partial charge on any atom is 0.0613 e. The molecule has 0 N–H and O–H groups in total. The molecule has 0 heterocycles. The summed E-state index contributed by atoms with van der Waals surface area (Å²) >= 11 is 6.31. The first-order chi connectivity index (χ1) is 5.88. The lowest BCUT2D eigenvalue weighted by Gasteiger charge is -2.30. The zero-order valence-electron chi connectivity index (χ0n) is 7.04. The highest BCUT2D eigenvalue weighted by atomic mass is 35.5. The van der Waals surface area contributed by atoms with Crippen LogP contribution < -0.4 is 0 Å². The van der Waals surface area contributed by atoms with Crippen LogP contribution in [0.25, 0.3) is 0 Å². The maximum atomic E-state index is 6.31. The molecule has 0 saturated heterocycles. The fraction of sp³-hybridized carbons (Fsp3) is 0.455. The van der Waals surface area contributed by atoms with Gasteiger partial charge >= 0.3 is 0 Å². The molecule has 1 unspecified atom stereocenters. The summed E-state index contributed by atoms with van der Waals surface area (Å²) in [5.74, 6) is 0.731. The first-order valence-corrected chi connectivity index (χ1v) is 5.00. The van der Waals surface area contributed by atoms with E-state index in [-0.39, 0.29) is 5.38 Å². The quantitative estimate of drug-likeness (QED) is 0.608. The highest BCUT2D eigenvalue weighted by molar-refractivity contribution is 6.21. The molecular weight excluding hydrogens is 168 g/mol. The van der Waals surface area contributed by atoms with E-state index in [1.807, 2.05) is 6.07 Å². The molecule has 0 aromatic heterocycles. The third-order valence-corrected chi connectivity index (χ3v) is 3.29. The molecule has 1 heteroatoms. The van der Waals surface area contributed by atoms with Crippen LogP contribution in [0.2, 0.25) is 0 Å². The Hall–Kier alpha value is -0.490. The minimum absolute atomic E-state index is 0.250. The van der Waals surface area contributed by atoms with Crippen molar-refractivity contribution in [3.05, 3.63) is 35.9 Å².